The SMILES string of the molecule is CC(=O)NC(CCSCc1noc(C(C)(C)C)n1)C(=O)O. The highest BCUT2D eigenvalue weighted by Gasteiger charge is 2.22. The number of amides is 1. The van der Waals surface area contributed by atoms with Crippen molar-refractivity contribution in [1.82, 2.24) is 15.5 Å². The van der Waals surface area contributed by atoms with Crippen molar-refractivity contribution in [3.8, 4) is 0 Å². The molecule has 1 rings (SSSR count). The van der Waals surface area contributed by atoms with Crippen molar-refractivity contribution >= 4 is 23.6 Å². The quantitative estimate of drug-likeness (QED) is 0.736. The summed E-state index contributed by atoms with van der Waals surface area (Å²) in [4.78, 5) is 26.1. The zero-order chi connectivity index (χ0) is 16.0. The van der Waals surface area contributed by atoms with Crippen LogP contribution < -0.4 is 5.32 Å². The van der Waals surface area contributed by atoms with Gasteiger partial charge in [-0.15, -0.1) is 0 Å². The maximum Gasteiger partial charge on any atom is 0.326 e. The van der Waals surface area contributed by atoms with E-state index in [1.165, 1.54) is 18.7 Å². The van der Waals surface area contributed by atoms with E-state index < -0.39 is 12.0 Å². The van der Waals surface area contributed by atoms with Gasteiger partial charge in [0.1, 0.15) is 6.04 Å². The van der Waals surface area contributed by atoms with Gasteiger partial charge in [0.25, 0.3) is 0 Å². The molecule has 0 saturated carbocycles. The number of nitrogens with one attached hydrogen (secondary N) is 1. The minimum absolute atomic E-state index is 0.185. The first-order valence-electron chi connectivity index (χ1n) is 6.61. The second kappa shape index (κ2) is 7.44. The molecule has 1 amide bonds. The Balaban J connectivity index is 2.38. The van der Waals surface area contributed by atoms with Gasteiger partial charge in [0.2, 0.25) is 11.8 Å². The molecule has 21 heavy (non-hydrogen) atoms. The standard InChI is InChI=1S/C13H21N3O4S/c1-8(17)14-9(11(18)19)5-6-21-7-10-15-12(20-16-10)13(2,3)4/h9H,5-7H2,1-4H3,(H,14,17)(H,18,19). The lowest BCUT2D eigenvalue weighted by molar-refractivity contribution is -0.141. The van der Waals surface area contributed by atoms with Crippen LogP contribution in [0.25, 0.3) is 0 Å². The molecule has 1 unspecified atom stereocenters. The summed E-state index contributed by atoms with van der Waals surface area (Å²) in [6.07, 6.45) is 0.351. The number of thioether (sulfide) groups is 1. The minimum Gasteiger partial charge on any atom is -0.480 e. The van der Waals surface area contributed by atoms with Crippen molar-refractivity contribution in [1.29, 1.82) is 0 Å². The maximum absolute atomic E-state index is 10.9. The average molecular weight is 315 g/mol. The van der Waals surface area contributed by atoms with Crippen LogP contribution >= 0.6 is 11.8 Å². The summed E-state index contributed by atoms with van der Waals surface area (Å²) in [7, 11) is 0. The molecule has 0 aromatic carbocycles. The largest absolute Gasteiger partial charge is 0.480 e. The highest BCUT2D eigenvalue weighted by atomic mass is 32.2. The van der Waals surface area contributed by atoms with Crippen LogP contribution in [-0.2, 0) is 20.8 Å². The van der Waals surface area contributed by atoms with Crippen molar-refractivity contribution in [3.05, 3.63) is 11.7 Å². The smallest absolute Gasteiger partial charge is 0.326 e. The Morgan fingerprint density at radius 2 is 2.10 bits per heavy atom. The van der Waals surface area contributed by atoms with Crippen molar-refractivity contribution in [2.75, 3.05) is 5.75 Å². The van der Waals surface area contributed by atoms with Crippen LogP contribution in [-0.4, -0.2) is 38.9 Å². The normalized spacial score (nSPS) is 13.0. The van der Waals surface area contributed by atoms with Gasteiger partial charge in [0.05, 0.1) is 5.75 Å². The van der Waals surface area contributed by atoms with E-state index in [4.69, 9.17) is 9.63 Å². The van der Waals surface area contributed by atoms with Gasteiger partial charge in [-0.25, -0.2) is 4.79 Å². The topological polar surface area (TPSA) is 105 Å². The number of aliphatic carboxylic acids is 1. The monoisotopic (exact) mass is 315 g/mol. The zero-order valence-corrected chi connectivity index (χ0v) is 13.5. The van der Waals surface area contributed by atoms with E-state index >= 15 is 0 Å². The fourth-order valence-electron chi connectivity index (χ4n) is 1.48. The summed E-state index contributed by atoms with van der Waals surface area (Å²) in [5.41, 5.74) is -0.185. The van der Waals surface area contributed by atoms with Crippen LogP contribution in [0.1, 0.15) is 45.8 Å². The molecule has 1 aromatic heterocycles. The molecule has 0 radical (unpaired) electrons. The zero-order valence-electron chi connectivity index (χ0n) is 12.7. The number of hydrogen-bond acceptors (Lipinski definition) is 6. The third-order valence-electron chi connectivity index (χ3n) is 2.57. The first-order valence-corrected chi connectivity index (χ1v) is 7.76. The molecule has 0 aliphatic rings. The number of nitrogens with zero attached hydrogens (tertiary/aromatic N) is 2. The Hall–Kier alpha value is -1.57. The van der Waals surface area contributed by atoms with Crippen LogP contribution in [0.4, 0.5) is 0 Å². The van der Waals surface area contributed by atoms with E-state index in [0.29, 0.717) is 29.6 Å². The van der Waals surface area contributed by atoms with E-state index in [-0.39, 0.29) is 11.3 Å². The Morgan fingerprint density at radius 3 is 2.57 bits per heavy atom. The summed E-state index contributed by atoms with van der Waals surface area (Å²) >= 11 is 1.50. The second-order valence-corrected chi connectivity index (χ2v) is 6.80. The predicted octanol–water partition coefficient (Wildman–Crippen LogP) is 1.58. The molecule has 118 valence electrons. The Bertz CT molecular complexity index is 496. The first-order chi connectivity index (χ1) is 9.70. The lowest BCUT2D eigenvalue weighted by Gasteiger charge is -2.12. The average Bonchev–Trinajstić information content (AvgIpc) is 2.80. The Kier molecular flexibility index (Phi) is 6.19. The molecule has 0 aliphatic heterocycles. The van der Waals surface area contributed by atoms with Crippen LogP contribution in [0.3, 0.4) is 0 Å². The molecule has 7 nitrogen and oxygen atoms in total. The minimum atomic E-state index is -1.03. The Labute approximate surface area is 127 Å². The fraction of sp³-hybridized carbons (Fsp3) is 0.692. The van der Waals surface area contributed by atoms with Crippen molar-refractivity contribution < 1.29 is 19.2 Å². The number of aromatic nitrogens is 2. The summed E-state index contributed by atoms with van der Waals surface area (Å²) in [5, 5.41) is 15.3. The predicted molar refractivity (Wildman–Crippen MR) is 79.0 cm³/mol. The molecule has 1 atom stereocenters. The number of carboxylic acid groups (broad SMARTS) is 1. The van der Waals surface area contributed by atoms with Gasteiger partial charge in [-0.2, -0.15) is 16.7 Å². The third-order valence-corrected chi connectivity index (χ3v) is 3.55. The van der Waals surface area contributed by atoms with Crippen LogP contribution in [0.15, 0.2) is 4.52 Å². The van der Waals surface area contributed by atoms with Crippen molar-refractivity contribution in [2.45, 2.75) is 51.3 Å². The van der Waals surface area contributed by atoms with E-state index in [1.54, 1.807) is 0 Å². The third kappa shape index (κ3) is 6.16. The molecule has 0 aliphatic carbocycles. The summed E-state index contributed by atoms with van der Waals surface area (Å²) in [6, 6.07) is -0.856. The summed E-state index contributed by atoms with van der Waals surface area (Å²) < 4.78 is 5.17. The van der Waals surface area contributed by atoms with Crippen molar-refractivity contribution in [3.63, 3.8) is 0 Å². The molecule has 0 fully saturated rings. The second-order valence-electron chi connectivity index (χ2n) is 5.70. The maximum atomic E-state index is 10.9. The molecule has 2 N–H and O–H groups in total. The van der Waals surface area contributed by atoms with Gasteiger partial charge in [-0.3, -0.25) is 4.79 Å². The summed E-state index contributed by atoms with van der Waals surface area (Å²) in [6.45, 7) is 7.27. The summed E-state index contributed by atoms with van der Waals surface area (Å²) in [5.74, 6) is 0.930. The molecule has 0 spiro atoms. The molecule has 8 heteroatoms. The molecular formula is C13H21N3O4S. The molecular weight excluding hydrogens is 294 g/mol. The van der Waals surface area contributed by atoms with Gasteiger partial charge in [-0.1, -0.05) is 25.9 Å². The highest BCUT2D eigenvalue weighted by Crippen LogP contribution is 2.21. The van der Waals surface area contributed by atoms with Crippen LogP contribution in [0, 0.1) is 0 Å². The van der Waals surface area contributed by atoms with Gasteiger partial charge < -0.3 is 14.9 Å². The van der Waals surface area contributed by atoms with E-state index in [1.807, 2.05) is 20.8 Å². The van der Waals surface area contributed by atoms with Crippen LogP contribution in [0.5, 0.6) is 0 Å². The van der Waals surface area contributed by atoms with E-state index in [2.05, 4.69) is 15.5 Å². The number of carboxylic acids is 1. The van der Waals surface area contributed by atoms with Gasteiger partial charge in [-0.05, 0) is 12.2 Å². The van der Waals surface area contributed by atoms with Crippen molar-refractivity contribution in [2.24, 2.45) is 0 Å². The van der Waals surface area contributed by atoms with Crippen LogP contribution in [0.2, 0.25) is 0 Å². The molecule has 1 aromatic rings. The lowest BCUT2D eigenvalue weighted by atomic mass is 9.97. The number of carbonyl (C=O) groups excluding carboxylic acids is 1. The lowest BCUT2D eigenvalue weighted by Crippen LogP contribution is -2.39. The number of carbonyl (C=O) groups is 2. The number of rotatable bonds is 7. The fourth-order valence-corrected chi connectivity index (χ4v) is 2.33. The number of hydrogen-bond donors (Lipinski definition) is 2. The highest BCUT2D eigenvalue weighted by molar-refractivity contribution is 7.98. The first kappa shape index (κ1) is 17.5. The molecule has 0 saturated heterocycles. The van der Waals surface area contributed by atoms with E-state index in [0.717, 1.165) is 0 Å². The molecule has 1 heterocycles. The molecule has 0 bridgehead atoms. The van der Waals surface area contributed by atoms with Gasteiger partial charge in [0.15, 0.2) is 5.82 Å². The Morgan fingerprint density at radius 1 is 1.43 bits per heavy atom. The van der Waals surface area contributed by atoms with Gasteiger partial charge >= 0.3 is 5.97 Å². The van der Waals surface area contributed by atoms with E-state index in [9.17, 15) is 9.59 Å². The van der Waals surface area contributed by atoms with Gasteiger partial charge in [0, 0.05) is 12.3 Å².